The van der Waals surface area contributed by atoms with E-state index in [0.717, 1.165) is 27.5 Å². The Morgan fingerprint density at radius 1 is 0.489 bits per heavy atom. The first kappa shape index (κ1) is 30.4. The number of ether oxygens (including phenoxy) is 2. The molecule has 1 aliphatic carbocycles. The van der Waals surface area contributed by atoms with Crippen molar-refractivity contribution < 1.29 is 28.7 Å². The van der Waals surface area contributed by atoms with Gasteiger partial charge in [-0.3, -0.25) is 29.4 Å². The summed E-state index contributed by atoms with van der Waals surface area (Å²) >= 11 is 0. The maximum Gasteiger partial charge on any atom is 0.238 e. The average Bonchev–Trinajstić information content (AvgIpc) is 3.37. The number of carbonyl (C=O) groups is 4. The molecule has 4 unspecified atom stereocenters. The van der Waals surface area contributed by atoms with Crippen LogP contribution in [-0.2, 0) is 30.0 Å². The molecule has 4 aromatic carbocycles. The Balaban J connectivity index is 0.988. The zero-order valence-corrected chi connectivity index (χ0v) is 26.9. The smallest absolute Gasteiger partial charge is 0.238 e. The summed E-state index contributed by atoms with van der Waals surface area (Å²) in [6.45, 7) is 10.9. The van der Waals surface area contributed by atoms with E-state index in [9.17, 15) is 19.2 Å². The van der Waals surface area contributed by atoms with Crippen molar-refractivity contribution in [3.05, 3.63) is 114 Å². The standard InChI is InChI=1S/C39H36N2O6/c1-38(2,3)22-6-14-26(15-7-22)46-27-16-8-23(9-17-27)39(4,5)24-10-18-28(19-11-24)47-29-20-12-25(13-21-29)41-36(44)32-30-31(33(32)37(41)45)35(43)40-34(30)42/h6-21,30-33H,1-5H3,(H,40,42,43). The SMILES string of the molecule is CC(C)(C)c1ccc(Oc2ccc(C(C)(C)c3ccc(Oc4ccc(N5C(=O)C6C7C(=O)NC(=O)C7C6C5=O)cc4)cc3)cc2)cc1. The van der Waals surface area contributed by atoms with Crippen molar-refractivity contribution in [2.24, 2.45) is 23.7 Å². The van der Waals surface area contributed by atoms with E-state index < -0.39 is 47.3 Å². The molecule has 2 heterocycles. The molecule has 238 valence electrons. The molecule has 2 aliphatic heterocycles. The summed E-state index contributed by atoms with van der Waals surface area (Å²) in [6, 6.07) is 30.9. The van der Waals surface area contributed by atoms with Crippen LogP contribution >= 0.6 is 0 Å². The number of carbonyl (C=O) groups excluding carboxylic acids is 4. The topological polar surface area (TPSA) is 102 Å². The lowest BCUT2D eigenvalue weighted by atomic mass is 9.59. The molecule has 8 heteroatoms. The molecule has 4 amide bonds. The summed E-state index contributed by atoms with van der Waals surface area (Å²) < 4.78 is 12.2. The van der Waals surface area contributed by atoms with Crippen molar-refractivity contribution in [3.8, 4) is 23.0 Å². The van der Waals surface area contributed by atoms with Gasteiger partial charge in [-0.25, -0.2) is 0 Å². The van der Waals surface area contributed by atoms with Crippen LogP contribution in [0.4, 0.5) is 5.69 Å². The molecule has 47 heavy (non-hydrogen) atoms. The number of rotatable bonds is 7. The number of amides is 4. The number of imide groups is 2. The first-order chi connectivity index (χ1) is 22.3. The highest BCUT2D eigenvalue weighted by molar-refractivity contribution is 6.27. The van der Waals surface area contributed by atoms with Crippen LogP contribution < -0.4 is 19.7 Å². The normalized spacial score (nSPS) is 22.0. The first-order valence-electron chi connectivity index (χ1n) is 15.8. The molecule has 0 aromatic heterocycles. The Labute approximate surface area is 273 Å². The third-order valence-corrected chi connectivity index (χ3v) is 9.85. The monoisotopic (exact) mass is 628 g/mol. The molecule has 2 saturated heterocycles. The minimum atomic E-state index is -0.777. The summed E-state index contributed by atoms with van der Waals surface area (Å²) in [6.07, 6.45) is 0. The molecule has 4 aromatic rings. The second kappa shape index (κ2) is 10.9. The van der Waals surface area contributed by atoms with Crippen molar-refractivity contribution in [3.63, 3.8) is 0 Å². The molecule has 1 N–H and O–H groups in total. The molecule has 1 saturated carbocycles. The summed E-state index contributed by atoms with van der Waals surface area (Å²) in [4.78, 5) is 51.5. The Kier molecular flexibility index (Phi) is 7.08. The van der Waals surface area contributed by atoms with E-state index in [0.29, 0.717) is 17.2 Å². The maximum absolute atomic E-state index is 13.1. The van der Waals surface area contributed by atoms with E-state index in [1.165, 1.54) is 5.56 Å². The second-order valence-electron chi connectivity index (χ2n) is 14.1. The van der Waals surface area contributed by atoms with Crippen molar-refractivity contribution >= 4 is 29.3 Å². The molecule has 4 atom stereocenters. The Morgan fingerprint density at radius 3 is 1.19 bits per heavy atom. The zero-order chi connectivity index (χ0) is 33.2. The van der Waals surface area contributed by atoms with E-state index in [4.69, 9.17) is 9.47 Å². The number of hydrogen-bond acceptors (Lipinski definition) is 6. The molecular formula is C39H36N2O6. The minimum Gasteiger partial charge on any atom is -0.457 e. The molecule has 7 rings (SSSR count). The van der Waals surface area contributed by atoms with Crippen LogP contribution in [0.1, 0.15) is 51.3 Å². The van der Waals surface area contributed by atoms with E-state index in [1.54, 1.807) is 24.3 Å². The fourth-order valence-electron chi connectivity index (χ4n) is 6.97. The van der Waals surface area contributed by atoms with Crippen LogP contribution in [0.5, 0.6) is 23.0 Å². The highest BCUT2D eigenvalue weighted by Crippen LogP contribution is 2.55. The van der Waals surface area contributed by atoms with Gasteiger partial charge in [0.25, 0.3) is 0 Å². The van der Waals surface area contributed by atoms with E-state index in [2.05, 4.69) is 64.2 Å². The van der Waals surface area contributed by atoms with Crippen LogP contribution in [0.15, 0.2) is 97.1 Å². The van der Waals surface area contributed by atoms with E-state index in [-0.39, 0.29) is 10.8 Å². The van der Waals surface area contributed by atoms with Gasteiger partial charge in [0.2, 0.25) is 23.6 Å². The third kappa shape index (κ3) is 5.18. The number of hydrogen-bond donors (Lipinski definition) is 1. The molecule has 3 aliphatic rings. The summed E-state index contributed by atoms with van der Waals surface area (Å²) in [5.41, 5.74) is 3.73. The lowest BCUT2D eigenvalue weighted by Gasteiger charge is -2.36. The van der Waals surface area contributed by atoms with E-state index >= 15 is 0 Å². The van der Waals surface area contributed by atoms with Crippen molar-refractivity contribution in [1.82, 2.24) is 5.32 Å². The van der Waals surface area contributed by atoms with Gasteiger partial charge in [-0.15, -0.1) is 0 Å². The van der Waals surface area contributed by atoms with Gasteiger partial charge >= 0.3 is 0 Å². The third-order valence-electron chi connectivity index (χ3n) is 9.85. The second-order valence-corrected chi connectivity index (χ2v) is 14.1. The predicted octanol–water partition coefficient (Wildman–Crippen LogP) is 6.90. The van der Waals surface area contributed by atoms with Crippen LogP contribution in [0.25, 0.3) is 0 Å². The van der Waals surface area contributed by atoms with Gasteiger partial charge in [0, 0.05) is 5.41 Å². The van der Waals surface area contributed by atoms with E-state index in [1.807, 2.05) is 48.5 Å². The average molecular weight is 629 g/mol. The Morgan fingerprint density at radius 2 is 0.830 bits per heavy atom. The predicted molar refractivity (Wildman–Crippen MR) is 176 cm³/mol. The number of benzene rings is 4. The molecule has 0 spiro atoms. The van der Waals surface area contributed by atoms with Crippen molar-refractivity contribution in [2.75, 3.05) is 4.90 Å². The number of fused-ring (bicyclic) bond motifs is 4. The minimum absolute atomic E-state index is 0.0914. The first-order valence-corrected chi connectivity index (χ1v) is 15.8. The van der Waals surface area contributed by atoms with Gasteiger partial charge in [0.15, 0.2) is 0 Å². The number of anilines is 1. The summed E-state index contributed by atoms with van der Waals surface area (Å²) in [5.74, 6) is -2.11. The Bertz CT molecular complexity index is 1850. The van der Waals surface area contributed by atoms with Crippen LogP contribution in [0.3, 0.4) is 0 Å². The fraction of sp³-hybridized carbons (Fsp3) is 0.282. The van der Waals surface area contributed by atoms with Crippen molar-refractivity contribution in [1.29, 1.82) is 0 Å². The fourth-order valence-corrected chi connectivity index (χ4v) is 6.97. The lowest BCUT2D eigenvalue weighted by Crippen LogP contribution is -2.50. The van der Waals surface area contributed by atoms with Crippen molar-refractivity contribution in [2.45, 2.75) is 45.4 Å². The molecule has 3 fully saturated rings. The zero-order valence-electron chi connectivity index (χ0n) is 26.9. The number of nitrogens with one attached hydrogen (secondary N) is 1. The van der Waals surface area contributed by atoms with Gasteiger partial charge in [-0.2, -0.15) is 0 Å². The summed E-state index contributed by atoms with van der Waals surface area (Å²) in [7, 11) is 0. The largest absolute Gasteiger partial charge is 0.457 e. The van der Waals surface area contributed by atoms with Gasteiger partial charge in [0.05, 0.1) is 29.4 Å². The molecule has 8 nitrogen and oxygen atoms in total. The van der Waals surface area contributed by atoms with Crippen LogP contribution in [-0.4, -0.2) is 23.6 Å². The van der Waals surface area contributed by atoms with Crippen LogP contribution in [0.2, 0.25) is 0 Å². The Hall–Kier alpha value is -5.24. The maximum atomic E-state index is 13.1. The van der Waals surface area contributed by atoms with Gasteiger partial charge in [-0.05, 0) is 82.8 Å². The summed E-state index contributed by atoms with van der Waals surface area (Å²) in [5, 5.41) is 2.25. The van der Waals surface area contributed by atoms with Gasteiger partial charge in [0.1, 0.15) is 23.0 Å². The lowest BCUT2D eigenvalue weighted by molar-refractivity contribution is -0.146. The highest BCUT2D eigenvalue weighted by atomic mass is 16.5. The van der Waals surface area contributed by atoms with Gasteiger partial charge in [-0.1, -0.05) is 71.0 Å². The highest BCUT2D eigenvalue weighted by Gasteiger charge is 2.71. The number of nitrogens with zero attached hydrogens (tertiary/aromatic N) is 1. The molecule has 0 radical (unpaired) electrons. The van der Waals surface area contributed by atoms with Gasteiger partial charge < -0.3 is 9.47 Å². The van der Waals surface area contributed by atoms with Crippen LogP contribution in [0, 0.1) is 23.7 Å². The molecule has 0 bridgehead atoms. The quantitative estimate of drug-likeness (QED) is 0.224. The molecular weight excluding hydrogens is 592 g/mol.